The predicted molar refractivity (Wildman–Crippen MR) is 72.1 cm³/mol. The van der Waals surface area contributed by atoms with Crippen LogP contribution in [0.25, 0.3) is 5.57 Å². The summed E-state index contributed by atoms with van der Waals surface area (Å²) >= 11 is 1.61. The Morgan fingerprint density at radius 2 is 1.79 bits per heavy atom. The average Bonchev–Trinajstić information content (AvgIpc) is 2.46. The largest absolute Gasteiger partial charge is 0.247 e. The van der Waals surface area contributed by atoms with Crippen LogP contribution in [0.5, 0.6) is 0 Å². The van der Waals surface area contributed by atoms with Gasteiger partial charge in [-0.3, -0.25) is 0 Å². The molecule has 0 spiro atoms. The normalized spacial score (nSPS) is 11.3. The standard InChI is InChI=1S/C15H7N3S/c16-8-11(9-17)10-5-6-13-15(7-10)19-14-4-2-1-3-12(14)18-13/h1-7H. The maximum atomic E-state index is 8.90. The van der Waals surface area contributed by atoms with Gasteiger partial charge < -0.3 is 0 Å². The third kappa shape index (κ3) is 1.99. The van der Waals surface area contributed by atoms with E-state index in [-0.39, 0.29) is 5.57 Å². The highest BCUT2D eigenvalue weighted by Crippen LogP contribution is 2.35. The Morgan fingerprint density at radius 1 is 1.00 bits per heavy atom. The number of fused-ring (bicyclic) bond motifs is 2. The monoisotopic (exact) mass is 261 g/mol. The Labute approximate surface area is 114 Å². The molecule has 0 bridgehead atoms. The quantitative estimate of drug-likeness (QED) is 0.624. The van der Waals surface area contributed by atoms with Crippen LogP contribution in [-0.4, -0.2) is 0 Å². The molecule has 0 fully saturated rings. The van der Waals surface area contributed by atoms with Crippen molar-refractivity contribution in [1.29, 1.82) is 10.5 Å². The molecule has 3 rings (SSSR count). The van der Waals surface area contributed by atoms with Gasteiger partial charge in [-0.05, 0) is 24.3 Å². The maximum absolute atomic E-state index is 8.90. The van der Waals surface area contributed by atoms with Gasteiger partial charge in [0.1, 0.15) is 17.7 Å². The average molecular weight is 261 g/mol. The summed E-state index contributed by atoms with van der Waals surface area (Å²) < 4.78 is 0. The summed E-state index contributed by atoms with van der Waals surface area (Å²) in [7, 11) is 0. The Bertz CT molecular complexity index is 853. The third-order valence-corrected chi connectivity index (χ3v) is 3.91. The van der Waals surface area contributed by atoms with Gasteiger partial charge in [-0.15, -0.1) is 0 Å². The molecular formula is C15H7N3S. The van der Waals surface area contributed by atoms with Crippen LogP contribution in [-0.2, 0) is 0 Å². The van der Waals surface area contributed by atoms with Gasteiger partial charge >= 0.3 is 0 Å². The summed E-state index contributed by atoms with van der Waals surface area (Å²) in [6.45, 7) is 0. The van der Waals surface area contributed by atoms with E-state index in [1.807, 2.05) is 48.5 Å². The molecule has 1 aliphatic rings. The van der Waals surface area contributed by atoms with Crippen LogP contribution in [0.3, 0.4) is 0 Å². The number of hydrogen-bond donors (Lipinski definition) is 0. The summed E-state index contributed by atoms with van der Waals surface area (Å²) in [6, 6.07) is 17.2. The van der Waals surface area contributed by atoms with Crippen molar-refractivity contribution in [2.45, 2.75) is 9.79 Å². The fourth-order valence-corrected chi connectivity index (χ4v) is 2.89. The van der Waals surface area contributed by atoms with Gasteiger partial charge in [-0.1, -0.05) is 30.0 Å². The first kappa shape index (κ1) is 11.5. The lowest BCUT2D eigenvalue weighted by Crippen LogP contribution is -2.14. The van der Waals surface area contributed by atoms with Crippen molar-refractivity contribution in [2.24, 2.45) is 4.99 Å². The Hall–Kier alpha value is -2.56. The highest BCUT2D eigenvalue weighted by molar-refractivity contribution is 7.99. The molecule has 0 unspecified atom stereocenters. The molecule has 0 aromatic heterocycles. The highest BCUT2D eigenvalue weighted by atomic mass is 32.2. The van der Waals surface area contributed by atoms with Crippen molar-refractivity contribution < 1.29 is 0 Å². The first-order chi connectivity index (χ1) is 9.31. The van der Waals surface area contributed by atoms with E-state index >= 15 is 0 Å². The molecule has 4 heteroatoms. The molecule has 0 saturated heterocycles. The SMILES string of the molecule is N#CC(C#N)=c1ccc2c(c1)Sc1ccccc1N=2. The molecular weight excluding hydrogens is 254 g/mol. The van der Waals surface area contributed by atoms with Gasteiger partial charge in [0.2, 0.25) is 0 Å². The Morgan fingerprint density at radius 3 is 2.58 bits per heavy atom. The van der Waals surface area contributed by atoms with E-state index in [1.165, 1.54) is 0 Å². The molecule has 0 amide bonds. The van der Waals surface area contributed by atoms with Crippen LogP contribution < -0.4 is 10.6 Å². The molecule has 3 nitrogen and oxygen atoms in total. The van der Waals surface area contributed by atoms with Crippen molar-refractivity contribution in [1.82, 2.24) is 0 Å². The Balaban J connectivity index is 2.27. The van der Waals surface area contributed by atoms with Crippen LogP contribution in [0, 0.1) is 22.7 Å². The lowest BCUT2D eigenvalue weighted by Gasteiger charge is -2.11. The second-order valence-electron chi connectivity index (χ2n) is 3.96. The maximum Gasteiger partial charge on any atom is 0.136 e. The fraction of sp³-hybridized carbons (Fsp3) is 0. The molecule has 2 aromatic carbocycles. The minimum atomic E-state index is 0.127. The number of benzene rings is 2. The number of para-hydroxylation sites is 1. The zero-order valence-corrected chi connectivity index (χ0v) is 10.6. The fourth-order valence-electron chi connectivity index (χ4n) is 1.88. The number of nitriles is 2. The van der Waals surface area contributed by atoms with Gasteiger partial charge in [0.25, 0.3) is 0 Å². The summed E-state index contributed by atoms with van der Waals surface area (Å²) in [5, 5.41) is 19.3. The summed E-state index contributed by atoms with van der Waals surface area (Å²) in [5.74, 6) is 0. The van der Waals surface area contributed by atoms with E-state index in [0.717, 1.165) is 20.8 Å². The van der Waals surface area contributed by atoms with Crippen molar-refractivity contribution in [3.63, 3.8) is 0 Å². The molecule has 0 aliphatic carbocycles. The van der Waals surface area contributed by atoms with Crippen molar-refractivity contribution in [3.05, 3.63) is 53.0 Å². The minimum absolute atomic E-state index is 0.127. The number of hydrogen-bond acceptors (Lipinski definition) is 4. The van der Waals surface area contributed by atoms with Crippen molar-refractivity contribution in [2.75, 3.05) is 0 Å². The van der Waals surface area contributed by atoms with Crippen LogP contribution in [0.2, 0.25) is 0 Å². The molecule has 2 aromatic rings. The first-order valence-electron chi connectivity index (χ1n) is 5.62. The molecule has 19 heavy (non-hydrogen) atoms. The zero-order chi connectivity index (χ0) is 13.2. The molecule has 1 aliphatic heterocycles. The second-order valence-corrected chi connectivity index (χ2v) is 5.05. The number of nitrogens with zero attached hydrogens (tertiary/aromatic N) is 3. The molecule has 0 saturated carbocycles. The molecule has 1 heterocycles. The van der Waals surface area contributed by atoms with Gasteiger partial charge in [0, 0.05) is 15.0 Å². The molecule has 0 atom stereocenters. The topological polar surface area (TPSA) is 59.9 Å². The van der Waals surface area contributed by atoms with Gasteiger partial charge in [0.05, 0.1) is 11.0 Å². The summed E-state index contributed by atoms with van der Waals surface area (Å²) in [4.78, 5) is 6.62. The smallest absolute Gasteiger partial charge is 0.136 e. The van der Waals surface area contributed by atoms with E-state index < -0.39 is 0 Å². The second kappa shape index (κ2) is 4.61. The molecule has 88 valence electrons. The van der Waals surface area contributed by atoms with Crippen LogP contribution in [0.4, 0.5) is 5.69 Å². The first-order valence-corrected chi connectivity index (χ1v) is 6.43. The van der Waals surface area contributed by atoms with Gasteiger partial charge in [0.15, 0.2) is 0 Å². The van der Waals surface area contributed by atoms with E-state index in [2.05, 4.69) is 4.99 Å². The van der Waals surface area contributed by atoms with E-state index in [4.69, 9.17) is 10.5 Å². The van der Waals surface area contributed by atoms with Gasteiger partial charge in [-0.25, -0.2) is 4.99 Å². The Kier molecular flexibility index (Phi) is 2.79. The van der Waals surface area contributed by atoms with E-state index in [1.54, 1.807) is 17.8 Å². The third-order valence-electron chi connectivity index (χ3n) is 2.80. The lowest BCUT2D eigenvalue weighted by atomic mass is 10.2. The minimum Gasteiger partial charge on any atom is -0.247 e. The summed E-state index contributed by atoms with van der Waals surface area (Å²) in [5.41, 5.74) is 1.08. The van der Waals surface area contributed by atoms with Gasteiger partial charge in [-0.2, -0.15) is 10.5 Å². The van der Waals surface area contributed by atoms with E-state index in [0.29, 0.717) is 5.22 Å². The summed E-state index contributed by atoms with van der Waals surface area (Å²) in [6.07, 6.45) is 0. The van der Waals surface area contributed by atoms with E-state index in [9.17, 15) is 0 Å². The highest BCUT2D eigenvalue weighted by Gasteiger charge is 2.10. The van der Waals surface area contributed by atoms with Crippen LogP contribution in [0.1, 0.15) is 0 Å². The van der Waals surface area contributed by atoms with Crippen molar-refractivity contribution >= 4 is 23.0 Å². The van der Waals surface area contributed by atoms with Crippen LogP contribution in [0.15, 0.2) is 57.2 Å². The predicted octanol–water partition coefficient (Wildman–Crippen LogP) is 2.30. The number of rotatable bonds is 0. The van der Waals surface area contributed by atoms with Crippen LogP contribution >= 0.6 is 11.8 Å². The van der Waals surface area contributed by atoms with Crippen molar-refractivity contribution in [3.8, 4) is 12.1 Å². The zero-order valence-electron chi connectivity index (χ0n) is 9.79. The lowest BCUT2D eigenvalue weighted by molar-refractivity contribution is 1.16. The molecule has 0 N–H and O–H groups in total. The molecule has 0 radical (unpaired) electrons.